The van der Waals surface area contributed by atoms with Crippen molar-refractivity contribution in [2.75, 3.05) is 20.8 Å². The van der Waals surface area contributed by atoms with E-state index in [1.165, 1.54) is 6.42 Å². The average molecular weight is 545 g/mol. The molecule has 2 aliphatic rings. The number of ether oxygens (including phenoxy) is 4. The largest absolute Gasteiger partial charge is 0.493 e. The molecule has 1 fully saturated rings. The smallest absolute Gasteiger partial charge is 0.268 e. The van der Waals surface area contributed by atoms with Gasteiger partial charge in [0.1, 0.15) is 12.6 Å². The lowest BCUT2D eigenvalue weighted by atomic mass is 9.94. The first-order chi connectivity index (χ1) is 19.6. The van der Waals surface area contributed by atoms with Crippen LogP contribution < -0.4 is 24.3 Å². The Labute approximate surface area is 235 Å². The molecule has 0 saturated heterocycles. The van der Waals surface area contributed by atoms with Crippen molar-refractivity contribution in [3.63, 3.8) is 0 Å². The molecule has 1 N–H and O–H groups in total. The molecule has 8 heteroatoms. The zero-order valence-electron chi connectivity index (χ0n) is 23.0. The molecule has 5 rings (SSSR count). The minimum absolute atomic E-state index is 0.0457. The van der Waals surface area contributed by atoms with Crippen LogP contribution in [-0.2, 0) is 16.1 Å². The molecule has 0 radical (unpaired) electrons. The van der Waals surface area contributed by atoms with Gasteiger partial charge in [-0.2, -0.15) is 0 Å². The number of benzene rings is 3. The Morgan fingerprint density at radius 2 is 1.60 bits per heavy atom. The summed E-state index contributed by atoms with van der Waals surface area (Å²) in [6.07, 6.45) is 4.26. The van der Waals surface area contributed by atoms with Crippen molar-refractivity contribution in [1.82, 2.24) is 10.2 Å². The van der Waals surface area contributed by atoms with Crippen LogP contribution in [0.3, 0.4) is 0 Å². The van der Waals surface area contributed by atoms with Crippen LogP contribution in [0.25, 0.3) is 0 Å². The van der Waals surface area contributed by atoms with Gasteiger partial charge in [-0.1, -0.05) is 67.8 Å². The third-order valence-corrected chi connectivity index (χ3v) is 7.50. The number of carbonyl (C=O) groups excluding carboxylic acids is 2. The van der Waals surface area contributed by atoms with Gasteiger partial charge in [0.25, 0.3) is 5.91 Å². The summed E-state index contributed by atoms with van der Waals surface area (Å²) < 4.78 is 23.0. The van der Waals surface area contributed by atoms with Crippen molar-refractivity contribution in [1.29, 1.82) is 0 Å². The van der Waals surface area contributed by atoms with E-state index in [-0.39, 0.29) is 31.0 Å². The van der Waals surface area contributed by atoms with Crippen LogP contribution in [-0.4, -0.2) is 49.7 Å². The summed E-state index contributed by atoms with van der Waals surface area (Å²) in [6.45, 7) is 0.252. The van der Waals surface area contributed by atoms with Crippen LogP contribution in [0.15, 0.2) is 72.8 Å². The number of nitrogens with zero attached hydrogens (tertiary/aromatic N) is 1. The molecule has 0 aromatic heterocycles. The van der Waals surface area contributed by atoms with Gasteiger partial charge in [0.05, 0.1) is 14.2 Å². The number of hydrogen-bond donors (Lipinski definition) is 1. The molecule has 8 nitrogen and oxygen atoms in total. The first kappa shape index (κ1) is 27.4. The van der Waals surface area contributed by atoms with Crippen molar-refractivity contribution in [3.8, 4) is 23.0 Å². The normalized spacial score (nSPS) is 17.4. The standard InChI is InChI=1S/C32H36N2O6/c1-37-25-18-17-23(19-28(25)38-2)30(31(35)33-24-13-7-4-8-14-24)34(20-22-11-5-3-6-12-22)32(36)29-21-39-26-15-9-10-16-27(26)40-29/h3,5-6,9-12,15-19,24,29-30H,4,7-8,13-14,20-21H2,1-2H3,(H,33,35)/t29-,30-/m0/s1. The van der Waals surface area contributed by atoms with Gasteiger partial charge in [0.15, 0.2) is 23.0 Å². The van der Waals surface area contributed by atoms with E-state index < -0.39 is 12.1 Å². The fraction of sp³-hybridized carbons (Fsp3) is 0.375. The van der Waals surface area contributed by atoms with E-state index in [0.717, 1.165) is 31.2 Å². The molecule has 1 saturated carbocycles. The molecule has 2 atom stereocenters. The maximum absolute atomic E-state index is 14.3. The van der Waals surface area contributed by atoms with Crippen LogP contribution in [0.2, 0.25) is 0 Å². The van der Waals surface area contributed by atoms with E-state index in [2.05, 4.69) is 5.32 Å². The monoisotopic (exact) mass is 544 g/mol. The number of carbonyl (C=O) groups is 2. The number of rotatable bonds is 9. The lowest BCUT2D eigenvalue weighted by Crippen LogP contribution is -2.52. The Morgan fingerprint density at radius 1 is 0.900 bits per heavy atom. The number of amides is 2. The highest BCUT2D eigenvalue weighted by molar-refractivity contribution is 5.91. The topological polar surface area (TPSA) is 86.3 Å². The highest BCUT2D eigenvalue weighted by Crippen LogP contribution is 2.36. The molecule has 210 valence electrons. The zero-order valence-corrected chi connectivity index (χ0v) is 23.0. The summed E-state index contributed by atoms with van der Waals surface area (Å²) in [7, 11) is 3.12. The maximum Gasteiger partial charge on any atom is 0.268 e. The summed E-state index contributed by atoms with van der Waals surface area (Å²) in [5.41, 5.74) is 1.51. The molecule has 2 amide bonds. The Hall–Kier alpha value is -4.20. The van der Waals surface area contributed by atoms with Gasteiger partial charge >= 0.3 is 0 Å². The lowest BCUT2D eigenvalue weighted by Gasteiger charge is -2.36. The fourth-order valence-corrected chi connectivity index (χ4v) is 5.43. The molecular weight excluding hydrogens is 508 g/mol. The molecular formula is C32H36N2O6. The second kappa shape index (κ2) is 12.8. The Balaban J connectivity index is 1.54. The number of hydrogen-bond acceptors (Lipinski definition) is 6. The maximum atomic E-state index is 14.3. The van der Waals surface area contributed by atoms with Crippen molar-refractivity contribution >= 4 is 11.8 Å². The van der Waals surface area contributed by atoms with E-state index in [0.29, 0.717) is 28.6 Å². The van der Waals surface area contributed by atoms with Crippen molar-refractivity contribution in [2.24, 2.45) is 0 Å². The van der Waals surface area contributed by atoms with Crippen LogP contribution >= 0.6 is 0 Å². The average Bonchev–Trinajstić information content (AvgIpc) is 3.01. The van der Waals surface area contributed by atoms with Crippen molar-refractivity contribution < 1.29 is 28.5 Å². The first-order valence-corrected chi connectivity index (χ1v) is 13.8. The molecule has 3 aromatic rings. The quantitative estimate of drug-likeness (QED) is 0.405. The molecule has 0 bridgehead atoms. The third-order valence-electron chi connectivity index (χ3n) is 7.50. The summed E-state index contributed by atoms with van der Waals surface area (Å²) in [6, 6.07) is 21.4. The number of para-hydroxylation sites is 2. The van der Waals surface area contributed by atoms with E-state index in [1.807, 2.05) is 54.6 Å². The predicted molar refractivity (Wildman–Crippen MR) is 151 cm³/mol. The van der Waals surface area contributed by atoms with Gasteiger partial charge in [0.2, 0.25) is 12.0 Å². The number of nitrogens with one attached hydrogen (secondary N) is 1. The predicted octanol–water partition coefficient (Wildman–Crippen LogP) is 5.06. The highest BCUT2D eigenvalue weighted by atomic mass is 16.6. The van der Waals surface area contributed by atoms with Crippen LogP contribution in [0.1, 0.15) is 49.3 Å². The van der Waals surface area contributed by atoms with Gasteiger partial charge in [-0.25, -0.2) is 0 Å². The van der Waals surface area contributed by atoms with E-state index in [4.69, 9.17) is 18.9 Å². The second-order valence-electron chi connectivity index (χ2n) is 10.2. The fourth-order valence-electron chi connectivity index (χ4n) is 5.43. The van der Waals surface area contributed by atoms with Crippen molar-refractivity contribution in [2.45, 2.75) is 56.8 Å². The van der Waals surface area contributed by atoms with E-state index in [9.17, 15) is 9.59 Å². The molecule has 40 heavy (non-hydrogen) atoms. The van der Waals surface area contributed by atoms with Gasteiger partial charge in [0, 0.05) is 12.6 Å². The summed E-state index contributed by atoms with van der Waals surface area (Å²) in [4.78, 5) is 30.0. The minimum atomic E-state index is -0.935. The number of fused-ring (bicyclic) bond motifs is 1. The molecule has 1 heterocycles. The number of methoxy groups -OCH3 is 2. The van der Waals surface area contributed by atoms with E-state index in [1.54, 1.807) is 37.3 Å². The van der Waals surface area contributed by atoms with Gasteiger partial charge in [-0.3, -0.25) is 9.59 Å². The molecule has 1 aliphatic heterocycles. The zero-order chi connectivity index (χ0) is 27.9. The molecule has 3 aromatic carbocycles. The Kier molecular flexibility index (Phi) is 8.74. The lowest BCUT2D eigenvalue weighted by molar-refractivity contribution is -0.149. The third kappa shape index (κ3) is 6.17. The van der Waals surface area contributed by atoms with Crippen LogP contribution in [0, 0.1) is 0 Å². The molecule has 1 aliphatic carbocycles. The summed E-state index contributed by atoms with van der Waals surface area (Å²) in [5.74, 6) is 1.54. The van der Waals surface area contributed by atoms with Crippen LogP contribution in [0.4, 0.5) is 0 Å². The highest BCUT2D eigenvalue weighted by Gasteiger charge is 2.39. The summed E-state index contributed by atoms with van der Waals surface area (Å²) >= 11 is 0. The minimum Gasteiger partial charge on any atom is -0.493 e. The van der Waals surface area contributed by atoms with Gasteiger partial charge < -0.3 is 29.2 Å². The first-order valence-electron chi connectivity index (χ1n) is 13.8. The van der Waals surface area contributed by atoms with Gasteiger partial charge in [-0.05, 0) is 48.2 Å². The Bertz CT molecular complexity index is 1310. The second-order valence-corrected chi connectivity index (χ2v) is 10.2. The van der Waals surface area contributed by atoms with Crippen LogP contribution in [0.5, 0.6) is 23.0 Å². The molecule has 0 unspecified atom stereocenters. The molecule has 0 spiro atoms. The summed E-state index contributed by atoms with van der Waals surface area (Å²) in [5, 5.41) is 3.25. The van der Waals surface area contributed by atoms with Crippen molar-refractivity contribution in [3.05, 3.63) is 83.9 Å². The Morgan fingerprint density at radius 3 is 2.33 bits per heavy atom. The SMILES string of the molecule is COc1ccc([C@@H](C(=O)NC2CCCCC2)N(Cc2ccccc2)C(=O)[C@@H]2COc3ccccc3O2)cc1OC. The van der Waals surface area contributed by atoms with E-state index >= 15 is 0 Å². The van der Waals surface area contributed by atoms with Gasteiger partial charge in [-0.15, -0.1) is 0 Å².